The average Bonchev–Trinajstić information content (AvgIpc) is 3.55. The van der Waals surface area contributed by atoms with Gasteiger partial charge in [0.15, 0.2) is 5.76 Å². The average molecular weight is 476 g/mol. The molecule has 4 aromatic rings. The number of carbonyl (C=O) groups excluding carboxylic acids is 3. The standard InChI is InChI=1S/C24H21N5O4S/c30-21(17-6-3-4-10-25-17)27-28-22(31)18-14-34-23(26-18)15-8-11-29(12-9-15)24(32)20-13-16-5-1-2-7-19(16)33-20/h1-7,10,13-15H,8-9,11-12H2,(H,27,30)(H,28,31). The lowest BCUT2D eigenvalue weighted by Gasteiger charge is -2.30. The zero-order valence-electron chi connectivity index (χ0n) is 18.1. The minimum absolute atomic E-state index is 0.113. The van der Waals surface area contributed by atoms with E-state index in [9.17, 15) is 14.4 Å². The van der Waals surface area contributed by atoms with Crippen molar-refractivity contribution >= 4 is 40.0 Å². The molecule has 5 rings (SSSR count). The number of carbonyl (C=O) groups is 3. The van der Waals surface area contributed by atoms with Gasteiger partial charge in [0.25, 0.3) is 17.7 Å². The summed E-state index contributed by atoms with van der Waals surface area (Å²) in [5.41, 5.74) is 5.84. The molecule has 0 spiro atoms. The Bertz CT molecular complexity index is 1310. The molecule has 1 fully saturated rings. The summed E-state index contributed by atoms with van der Waals surface area (Å²) in [6.07, 6.45) is 2.99. The normalized spacial score (nSPS) is 14.2. The van der Waals surface area contributed by atoms with E-state index >= 15 is 0 Å². The number of pyridine rings is 1. The van der Waals surface area contributed by atoms with Crippen LogP contribution < -0.4 is 10.9 Å². The largest absolute Gasteiger partial charge is 0.451 e. The van der Waals surface area contributed by atoms with Crippen molar-refractivity contribution in [3.8, 4) is 0 Å². The first-order valence-electron chi connectivity index (χ1n) is 10.8. The quantitative estimate of drug-likeness (QED) is 0.437. The van der Waals surface area contributed by atoms with Crippen LogP contribution in [0.2, 0.25) is 0 Å². The molecule has 172 valence electrons. The van der Waals surface area contributed by atoms with E-state index in [1.807, 2.05) is 24.3 Å². The number of hydrogen-bond acceptors (Lipinski definition) is 7. The topological polar surface area (TPSA) is 117 Å². The summed E-state index contributed by atoms with van der Waals surface area (Å²) in [5.74, 6) is -0.609. The Labute approximate surface area is 198 Å². The molecule has 4 heterocycles. The van der Waals surface area contributed by atoms with E-state index in [2.05, 4.69) is 20.8 Å². The molecule has 1 aliphatic rings. The third-order valence-electron chi connectivity index (χ3n) is 5.71. The van der Waals surface area contributed by atoms with Crippen molar-refractivity contribution < 1.29 is 18.8 Å². The van der Waals surface area contributed by atoms with Crippen molar-refractivity contribution in [3.05, 3.63) is 82.3 Å². The Kier molecular flexibility index (Phi) is 6.05. The van der Waals surface area contributed by atoms with Gasteiger partial charge in [-0.1, -0.05) is 24.3 Å². The predicted molar refractivity (Wildman–Crippen MR) is 125 cm³/mol. The first-order chi connectivity index (χ1) is 16.6. The highest BCUT2D eigenvalue weighted by Gasteiger charge is 2.28. The maximum Gasteiger partial charge on any atom is 0.289 e. The number of hydrogen-bond donors (Lipinski definition) is 2. The minimum atomic E-state index is -0.508. The molecule has 0 aliphatic carbocycles. The molecule has 1 saturated heterocycles. The van der Waals surface area contributed by atoms with E-state index in [-0.39, 0.29) is 23.2 Å². The van der Waals surface area contributed by atoms with E-state index in [0.717, 1.165) is 23.2 Å². The summed E-state index contributed by atoms with van der Waals surface area (Å²) in [6, 6.07) is 14.3. The molecule has 3 aromatic heterocycles. The Hall–Kier alpha value is -4.05. The zero-order chi connectivity index (χ0) is 23.5. The fourth-order valence-corrected chi connectivity index (χ4v) is 4.86. The van der Waals surface area contributed by atoms with Crippen LogP contribution in [-0.2, 0) is 0 Å². The fraction of sp³-hybridized carbons (Fsp3) is 0.208. The minimum Gasteiger partial charge on any atom is -0.451 e. The molecule has 1 aliphatic heterocycles. The van der Waals surface area contributed by atoms with Gasteiger partial charge in [0, 0.05) is 36.0 Å². The number of para-hydroxylation sites is 1. The van der Waals surface area contributed by atoms with E-state index < -0.39 is 11.8 Å². The van der Waals surface area contributed by atoms with Gasteiger partial charge in [0.2, 0.25) is 0 Å². The molecule has 10 heteroatoms. The summed E-state index contributed by atoms with van der Waals surface area (Å²) in [4.78, 5) is 47.5. The van der Waals surface area contributed by atoms with E-state index in [1.54, 1.807) is 34.5 Å². The van der Waals surface area contributed by atoms with Gasteiger partial charge in [-0.05, 0) is 37.1 Å². The van der Waals surface area contributed by atoms with Gasteiger partial charge in [-0.3, -0.25) is 30.2 Å². The van der Waals surface area contributed by atoms with Crippen LogP contribution in [0.4, 0.5) is 0 Å². The molecular weight excluding hydrogens is 454 g/mol. The molecular formula is C24H21N5O4S. The van der Waals surface area contributed by atoms with Crippen LogP contribution in [0.15, 0.2) is 64.5 Å². The van der Waals surface area contributed by atoms with Gasteiger partial charge in [-0.15, -0.1) is 11.3 Å². The van der Waals surface area contributed by atoms with E-state index in [4.69, 9.17) is 4.42 Å². The Morgan fingerprint density at radius 2 is 1.71 bits per heavy atom. The summed E-state index contributed by atoms with van der Waals surface area (Å²) >= 11 is 1.41. The fourth-order valence-electron chi connectivity index (χ4n) is 3.89. The predicted octanol–water partition coefficient (Wildman–Crippen LogP) is 3.38. The first-order valence-corrected chi connectivity index (χ1v) is 11.7. The highest BCUT2D eigenvalue weighted by Crippen LogP contribution is 2.31. The molecule has 0 unspecified atom stereocenters. The Morgan fingerprint density at radius 3 is 2.44 bits per heavy atom. The molecule has 2 N–H and O–H groups in total. The number of furan rings is 1. The number of amides is 3. The number of likely N-dealkylation sites (tertiary alicyclic amines) is 1. The molecule has 1 aromatic carbocycles. The summed E-state index contributed by atoms with van der Waals surface area (Å²) in [6.45, 7) is 1.17. The zero-order valence-corrected chi connectivity index (χ0v) is 18.9. The number of hydrazine groups is 1. The van der Waals surface area contributed by atoms with Gasteiger partial charge in [-0.25, -0.2) is 4.98 Å². The van der Waals surface area contributed by atoms with Gasteiger partial charge in [0.05, 0.1) is 5.01 Å². The van der Waals surface area contributed by atoms with E-state index in [0.29, 0.717) is 24.4 Å². The van der Waals surface area contributed by atoms with Crippen molar-refractivity contribution in [1.82, 2.24) is 25.7 Å². The van der Waals surface area contributed by atoms with Crippen LogP contribution in [0.3, 0.4) is 0 Å². The maximum absolute atomic E-state index is 12.9. The van der Waals surface area contributed by atoms with E-state index in [1.165, 1.54) is 17.5 Å². The molecule has 34 heavy (non-hydrogen) atoms. The molecule has 0 radical (unpaired) electrons. The van der Waals surface area contributed by atoms with Crippen molar-refractivity contribution in [1.29, 1.82) is 0 Å². The number of piperidine rings is 1. The number of fused-ring (bicyclic) bond motifs is 1. The second kappa shape index (κ2) is 9.44. The monoisotopic (exact) mass is 475 g/mol. The highest BCUT2D eigenvalue weighted by molar-refractivity contribution is 7.09. The lowest BCUT2D eigenvalue weighted by molar-refractivity contribution is 0.0683. The molecule has 0 atom stereocenters. The van der Waals surface area contributed by atoms with Crippen molar-refractivity contribution in [2.24, 2.45) is 0 Å². The van der Waals surface area contributed by atoms with Gasteiger partial charge in [-0.2, -0.15) is 0 Å². The summed E-state index contributed by atoms with van der Waals surface area (Å²) in [7, 11) is 0. The van der Waals surface area contributed by atoms with Crippen LogP contribution in [-0.4, -0.2) is 45.7 Å². The Morgan fingerprint density at radius 1 is 0.971 bits per heavy atom. The number of benzene rings is 1. The van der Waals surface area contributed by atoms with Gasteiger partial charge >= 0.3 is 0 Å². The number of thiazole rings is 1. The smallest absolute Gasteiger partial charge is 0.289 e. The number of aromatic nitrogens is 2. The lowest BCUT2D eigenvalue weighted by atomic mass is 9.97. The third kappa shape index (κ3) is 4.53. The van der Waals surface area contributed by atoms with Gasteiger partial charge in [0.1, 0.15) is 17.0 Å². The second-order valence-electron chi connectivity index (χ2n) is 7.91. The third-order valence-corrected chi connectivity index (χ3v) is 6.72. The maximum atomic E-state index is 12.9. The van der Waals surface area contributed by atoms with Crippen molar-refractivity contribution in [3.63, 3.8) is 0 Å². The number of nitrogens with one attached hydrogen (secondary N) is 2. The summed E-state index contributed by atoms with van der Waals surface area (Å²) < 4.78 is 5.71. The molecule has 3 amide bonds. The number of rotatable bonds is 4. The van der Waals surface area contributed by atoms with Crippen molar-refractivity contribution in [2.45, 2.75) is 18.8 Å². The van der Waals surface area contributed by atoms with Crippen molar-refractivity contribution in [2.75, 3.05) is 13.1 Å². The first kappa shape index (κ1) is 21.8. The Balaban J connectivity index is 1.15. The van der Waals surface area contributed by atoms with Crippen LogP contribution in [0.25, 0.3) is 11.0 Å². The second-order valence-corrected chi connectivity index (χ2v) is 8.80. The van der Waals surface area contributed by atoms with Crippen LogP contribution in [0.5, 0.6) is 0 Å². The van der Waals surface area contributed by atoms with Gasteiger partial charge < -0.3 is 9.32 Å². The van der Waals surface area contributed by atoms with Crippen LogP contribution >= 0.6 is 11.3 Å². The number of nitrogens with zero attached hydrogens (tertiary/aromatic N) is 3. The SMILES string of the molecule is O=C(NNC(=O)c1csc(C2CCN(C(=O)c3cc4ccccc4o3)CC2)n1)c1ccccn1. The highest BCUT2D eigenvalue weighted by atomic mass is 32.1. The molecule has 0 bridgehead atoms. The molecule has 0 saturated carbocycles. The lowest BCUT2D eigenvalue weighted by Crippen LogP contribution is -2.42. The van der Waals surface area contributed by atoms with Crippen LogP contribution in [0.1, 0.15) is 55.3 Å². The van der Waals surface area contributed by atoms with Crippen LogP contribution in [0, 0.1) is 0 Å². The summed E-state index contributed by atoms with van der Waals surface area (Å²) in [5, 5.41) is 3.42. The molecule has 9 nitrogen and oxygen atoms in total.